The first-order valence-corrected chi connectivity index (χ1v) is 3.75. The van der Waals surface area contributed by atoms with Gasteiger partial charge in [0.2, 0.25) is 0 Å². The highest BCUT2D eigenvalue weighted by molar-refractivity contribution is 8.01. The molecule has 3 heteroatoms. The molecule has 54 valence electrons. The molecule has 0 aromatic rings. The van der Waals surface area contributed by atoms with Crippen LogP contribution in [0.25, 0.3) is 0 Å². The van der Waals surface area contributed by atoms with Crippen molar-refractivity contribution in [1.82, 2.24) is 4.72 Å². The van der Waals surface area contributed by atoms with Crippen molar-refractivity contribution < 1.29 is 0 Å². The molecule has 0 aliphatic rings. The smallest absolute Gasteiger partial charge is 0.0211 e. The maximum Gasteiger partial charge on any atom is 0.0211 e. The monoisotopic (exact) mass is 146 g/mol. The molecule has 0 aliphatic carbocycles. The topological polar surface area (TPSA) is 38.0 Å². The van der Waals surface area contributed by atoms with Crippen molar-refractivity contribution in [1.29, 1.82) is 0 Å². The average molecular weight is 146 g/mol. The zero-order chi connectivity index (χ0) is 7.28. The number of nitrogens with two attached hydrogens (primary N) is 1. The van der Waals surface area contributed by atoms with E-state index < -0.39 is 0 Å². The van der Waals surface area contributed by atoms with E-state index in [2.05, 4.69) is 11.3 Å². The lowest BCUT2D eigenvalue weighted by atomic mass is 10.4. The Balaban J connectivity index is 3.01. The van der Waals surface area contributed by atoms with Crippen molar-refractivity contribution in [2.24, 2.45) is 5.73 Å². The SMILES string of the molecule is C=C(C)SNC[C@@H](C)N. The van der Waals surface area contributed by atoms with Crippen molar-refractivity contribution in [3.63, 3.8) is 0 Å². The average Bonchev–Trinajstić information content (AvgIpc) is 1.63. The van der Waals surface area contributed by atoms with E-state index >= 15 is 0 Å². The molecular weight excluding hydrogens is 132 g/mol. The van der Waals surface area contributed by atoms with Gasteiger partial charge in [-0.15, -0.1) is 0 Å². The van der Waals surface area contributed by atoms with Crippen LogP contribution in [0.2, 0.25) is 0 Å². The highest BCUT2D eigenvalue weighted by Crippen LogP contribution is 2.04. The molecule has 0 unspecified atom stereocenters. The Morgan fingerprint density at radius 1 is 1.89 bits per heavy atom. The van der Waals surface area contributed by atoms with E-state index in [1.807, 2.05) is 13.8 Å². The maximum absolute atomic E-state index is 5.47. The summed E-state index contributed by atoms with van der Waals surface area (Å²) < 4.78 is 3.08. The van der Waals surface area contributed by atoms with E-state index in [0.717, 1.165) is 11.4 Å². The van der Waals surface area contributed by atoms with Crippen LogP contribution in [-0.2, 0) is 0 Å². The van der Waals surface area contributed by atoms with Gasteiger partial charge in [0.1, 0.15) is 0 Å². The van der Waals surface area contributed by atoms with Crippen LogP contribution in [0.1, 0.15) is 13.8 Å². The summed E-state index contributed by atoms with van der Waals surface area (Å²) in [6, 6.07) is 0.219. The van der Waals surface area contributed by atoms with Gasteiger partial charge >= 0.3 is 0 Å². The lowest BCUT2D eigenvalue weighted by molar-refractivity contribution is 0.724. The summed E-state index contributed by atoms with van der Waals surface area (Å²) in [5.41, 5.74) is 5.47. The molecule has 1 atom stereocenters. The summed E-state index contributed by atoms with van der Waals surface area (Å²) in [5, 5.41) is 0. The van der Waals surface area contributed by atoms with Crippen LogP contribution in [0.5, 0.6) is 0 Å². The first-order chi connectivity index (χ1) is 4.13. The van der Waals surface area contributed by atoms with E-state index in [4.69, 9.17) is 5.73 Å². The molecule has 0 aromatic heterocycles. The summed E-state index contributed by atoms with van der Waals surface area (Å²) in [6.07, 6.45) is 0. The predicted molar refractivity (Wildman–Crippen MR) is 44.1 cm³/mol. The van der Waals surface area contributed by atoms with Crippen LogP contribution in [0.4, 0.5) is 0 Å². The van der Waals surface area contributed by atoms with Gasteiger partial charge in [-0.25, -0.2) is 0 Å². The van der Waals surface area contributed by atoms with Crippen LogP contribution in [-0.4, -0.2) is 12.6 Å². The summed E-state index contributed by atoms with van der Waals surface area (Å²) >= 11 is 1.54. The lowest BCUT2D eigenvalue weighted by Crippen LogP contribution is -2.27. The number of allylic oxidation sites excluding steroid dienone is 1. The molecule has 0 fully saturated rings. The van der Waals surface area contributed by atoms with Gasteiger partial charge in [-0.2, -0.15) is 0 Å². The number of hydrogen-bond acceptors (Lipinski definition) is 3. The van der Waals surface area contributed by atoms with E-state index in [-0.39, 0.29) is 6.04 Å². The van der Waals surface area contributed by atoms with Gasteiger partial charge in [-0.05, 0) is 18.8 Å². The maximum atomic E-state index is 5.47. The molecule has 0 spiro atoms. The fraction of sp³-hybridized carbons (Fsp3) is 0.667. The van der Waals surface area contributed by atoms with E-state index in [1.54, 1.807) is 0 Å². The van der Waals surface area contributed by atoms with Gasteiger partial charge in [0.25, 0.3) is 0 Å². The van der Waals surface area contributed by atoms with E-state index in [1.165, 1.54) is 11.9 Å². The standard InChI is InChI=1S/C6H14N2S/c1-5(2)9-8-4-6(3)7/h6,8H,1,4,7H2,2-3H3/t6-/m1/s1. The number of rotatable bonds is 4. The van der Waals surface area contributed by atoms with Gasteiger partial charge in [-0.1, -0.05) is 18.5 Å². The van der Waals surface area contributed by atoms with Crippen LogP contribution < -0.4 is 10.5 Å². The Morgan fingerprint density at radius 3 is 2.78 bits per heavy atom. The van der Waals surface area contributed by atoms with Crippen LogP contribution >= 0.6 is 11.9 Å². The van der Waals surface area contributed by atoms with Crippen molar-refractivity contribution in [2.75, 3.05) is 6.54 Å². The zero-order valence-electron chi connectivity index (χ0n) is 5.98. The number of hydrogen-bond donors (Lipinski definition) is 2. The first kappa shape index (κ1) is 9.01. The Bertz CT molecular complexity index is 91.1. The van der Waals surface area contributed by atoms with Crippen LogP contribution in [0.3, 0.4) is 0 Å². The fourth-order valence-electron chi connectivity index (χ4n) is 0.296. The quantitative estimate of drug-likeness (QED) is 0.583. The first-order valence-electron chi connectivity index (χ1n) is 2.93. The minimum Gasteiger partial charge on any atom is -0.327 e. The molecule has 9 heavy (non-hydrogen) atoms. The molecule has 2 nitrogen and oxygen atoms in total. The van der Waals surface area contributed by atoms with E-state index in [9.17, 15) is 0 Å². The molecule has 0 aromatic carbocycles. The summed E-state index contributed by atoms with van der Waals surface area (Å²) in [6.45, 7) is 8.46. The second-order valence-corrected chi connectivity index (χ2v) is 3.32. The Labute approximate surface area is 61.0 Å². The van der Waals surface area contributed by atoms with Gasteiger partial charge in [-0.3, -0.25) is 4.72 Å². The highest BCUT2D eigenvalue weighted by atomic mass is 32.2. The third kappa shape index (κ3) is 8.01. The zero-order valence-corrected chi connectivity index (χ0v) is 6.79. The molecule has 0 amide bonds. The van der Waals surface area contributed by atoms with E-state index in [0.29, 0.717) is 0 Å². The van der Waals surface area contributed by atoms with Crippen molar-refractivity contribution >= 4 is 11.9 Å². The van der Waals surface area contributed by atoms with Crippen molar-refractivity contribution in [2.45, 2.75) is 19.9 Å². The van der Waals surface area contributed by atoms with Crippen molar-refractivity contribution in [3.8, 4) is 0 Å². The van der Waals surface area contributed by atoms with Crippen LogP contribution in [0.15, 0.2) is 11.5 Å². The van der Waals surface area contributed by atoms with Gasteiger partial charge < -0.3 is 5.73 Å². The van der Waals surface area contributed by atoms with Gasteiger partial charge in [0.05, 0.1) is 0 Å². The summed E-state index contributed by atoms with van der Waals surface area (Å²) in [7, 11) is 0. The normalized spacial score (nSPS) is 13.2. The second-order valence-electron chi connectivity index (χ2n) is 2.13. The third-order valence-corrected chi connectivity index (χ3v) is 1.31. The molecule has 3 N–H and O–H groups in total. The molecule has 0 rings (SSSR count). The molecule has 0 heterocycles. The minimum absolute atomic E-state index is 0.219. The minimum atomic E-state index is 0.219. The third-order valence-electron chi connectivity index (χ3n) is 0.652. The molecule has 0 aliphatic heterocycles. The van der Waals surface area contributed by atoms with Gasteiger partial charge in [0.15, 0.2) is 0 Å². The van der Waals surface area contributed by atoms with Crippen molar-refractivity contribution in [3.05, 3.63) is 11.5 Å². The summed E-state index contributed by atoms with van der Waals surface area (Å²) in [5.74, 6) is 0. The predicted octanol–water partition coefficient (Wildman–Crippen LogP) is 1.10. The molecular formula is C6H14N2S. The van der Waals surface area contributed by atoms with Gasteiger partial charge in [0, 0.05) is 12.6 Å². The fourth-order valence-corrected chi connectivity index (χ4v) is 0.889. The highest BCUT2D eigenvalue weighted by Gasteiger charge is 1.91. The second kappa shape index (κ2) is 4.85. The molecule has 0 radical (unpaired) electrons. The summed E-state index contributed by atoms with van der Waals surface area (Å²) in [4.78, 5) is 1.07. The lowest BCUT2D eigenvalue weighted by Gasteiger charge is -2.04. The molecule has 0 saturated heterocycles. The Kier molecular flexibility index (Phi) is 4.85. The Morgan fingerprint density at radius 2 is 2.44 bits per heavy atom. The number of nitrogens with one attached hydrogen (secondary N) is 1. The molecule has 0 saturated carbocycles. The van der Waals surface area contributed by atoms with Crippen LogP contribution in [0, 0.1) is 0 Å². The molecule has 0 bridgehead atoms. The Hall–Kier alpha value is 0.01000. The largest absolute Gasteiger partial charge is 0.327 e.